The quantitative estimate of drug-likeness (QED) is 0.716. The maximum atomic E-state index is 9.02. The topological polar surface area (TPSA) is 44.5 Å². The van der Waals surface area contributed by atoms with E-state index in [1.165, 1.54) is 5.56 Å². The second-order valence-electron chi connectivity index (χ2n) is 4.38. The van der Waals surface area contributed by atoms with Gasteiger partial charge in [0.25, 0.3) is 0 Å². The smallest absolute Gasteiger partial charge is 0.178 e. The minimum Gasteiger partial charge on any atom is -0.331 e. The molecule has 5 heteroatoms. The Morgan fingerprint density at radius 1 is 1.42 bits per heavy atom. The minimum absolute atomic E-state index is 0.154. The van der Waals surface area contributed by atoms with Gasteiger partial charge in [-0.25, -0.2) is 0 Å². The van der Waals surface area contributed by atoms with E-state index in [1.54, 1.807) is 17.4 Å². The molecule has 1 N–H and O–H groups in total. The Hall–Kier alpha value is -1.90. The number of nitriles is 1. The normalized spacial score (nSPS) is 12.4. The van der Waals surface area contributed by atoms with E-state index in [2.05, 4.69) is 39.4 Å². The number of nitrogens with zero attached hydrogens (tertiary/aromatic N) is 2. The molecule has 1 atom stereocenters. The summed E-state index contributed by atoms with van der Waals surface area (Å²) in [6, 6.07) is 10.0. The van der Waals surface area contributed by atoms with Gasteiger partial charge in [-0.2, -0.15) is 16.6 Å². The first kappa shape index (κ1) is 12.2. The average molecular weight is 285 g/mol. The molecule has 0 saturated carbocycles. The van der Waals surface area contributed by atoms with Crippen LogP contribution in [0.25, 0.3) is 11.0 Å². The minimum atomic E-state index is 0.154. The van der Waals surface area contributed by atoms with Crippen LogP contribution in [0.4, 0.5) is 0 Å². The van der Waals surface area contributed by atoms with Crippen molar-refractivity contribution >= 4 is 34.6 Å². The van der Waals surface area contributed by atoms with Gasteiger partial charge in [0.15, 0.2) is 4.77 Å². The zero-order valence-electron chi connectivity index (χ0n) is 10.3. The van der Waals surface area contributed by atoms with E-state index in [1.807, 2.05) is 12.1 Å². The predicted octanol–water partition coefficient (Wildman–Crippen LogP) is 4.24. The summed E-state index contributed by atoms with van der Waals surface area (Å²) in [5.74, 6) is 0. The van der Waals surface area contributed by atoms with Crippen molar-refractivity contribution in [3.05, 3.63) is 50.9 Å². The van der Waals surface area contributed by atoms with Crippen LogP contribution < -0.4 is 0 Å². The molecule has 0 aliphatic rings. The molecule has 94 valence electrons. The Balaban J connectivity index is 2.25. The molecule has 3 aromatic rings. The summed E-state index contributed by atoms with van der Waals surface area (Å²) >= 11 is 7.08. The maximum Gasteiger partial charge on any atom is 0.178 e. The summed E-state index contributed by atoms with van der Waals surface area (Å²) in [7, 11) is 0. The van der Waals surface area contributed by atoms with E-state index in [0.717, 1.165) is 11.0 Å². The van der Waals surface area contributed by atoms with Crippen molar-refractivity contribution in [3.8, 4) is 6.07 Å². The Kier molecular flexibility index (Phi) is 2.97. The Labute approximate surface area is 119 Å². The first-order chi connectivity index (χ1) is 9.20. The Morgan fingerprint density at radius 3 is 2.95 bits per heavy atom. The van der Waals surface area contributed by atoms with Crippen LogP contribution in [0.2, 0.25) is 0 Å². The number of H-pyrrole nitrogens is 1. The van der Waals surface area contributed by atoms with Gasteiger partial charge in [0.05, 0.1) is 28.7 Å². The lowest BCUT2D eigenvalue weighted by atomic mass is 10.1. The van der Waals surface area contributed by atoms with Gasteiger partial charge in [-0.1, -0.05) is 0 Å². The van der Waals surface area contributed by atoms with Gasteiger partial charge < -0.3 is 9.55 Å². The molecular weight excluding hydrogens is 274 g/mol. The third kappa shape index (κ3) is 1.99. The second kappa shape index (κ2) is 4.65. The zero-order valence-corrected chi connectivity index (χ0v) is 11.9. The molecule has 0 amide bonds. The van der Waals surface area contributed by atoms with E-state index in [9.17, 15) is 0 Å². The van der Waals surface area contributed by atoms with Crippen LogP contribution in [0.5, 0.6) is 0 Å². The van der Waals surface area contributed by atoms with Crippen molar-refractivity contribution in [1.82, 2.24) is 9.55 Å². The van der Waals surface area contributed by atoms with Gasteiger partial charge >= 0.3 is 0 Å². The molecule has 3 rings (SSSR count). The van der Waals surface area contributed by atoms with Gasteiger partial charge in [0.1, 0.15) is 0 Å². The number of imidazole rings is 1. The molecule has 19 heavy (non-hydrogen) atoms. The summed E-state index contributed by atoms with van der Waals surface area (Å²) in [6.45, 7) is 2.12. The lowest BCUT2D eigenvalue weighted by Crippen LogP contribution is -2.05. The third-order valence-electron chi connectivity index (χ3n) is 3.26. The number of fused-ring (bicyclic) bond motifs is 1. The lowest BCUT2D eigenvalue weighted by molar-refractivity contribution is 0.651. The van der Waals surface area contributed by atoms with Crippen molar-refractivity contribution in [3.63, 3.8) is 0 Å². The second-order valence-corrected chi connectivity index (χ2v) is 5.54. The van der Waals surface area contributed by atoms with Crippen LogP contribution >= 0.6 is 23.6 Å². The van der Waals surface area contributed by atoms with Crippen LogP contribution in [0.1, 0.15) is 24.1 Å². The first-order valence-electron chi connectivity index (χ1n) is 5.87. The van der Waals surface area contributed by atoms with Gasteiger partial charge in [-0.05, 0) is 59.7 Å². The number of hydrogen-bond donors (Lipinski definition) is 1. The number of hydrogen-bond acceptors (Lipinski definition) is 3. The Bertz CT molecular complexity index is 819. The van der Waals surface area contributed by atoms with Gasteiger partial charge in [-0.15, -0.1) is 0 Å². The van der Waals surface area contributed by atoms with Crippen molar-refractivity contribution in [1.29, 1.82) is 5.26 Å². The molecule has 0 aliphatic carbocycles. The third-order valence-corrected chi connectivity index (χ3v) is 4.26. The molecule has 0 bridgehead atoms. The van der Waals surface area contributed by atoms with Crippen molar-refractivity contribution in [2.24, 2.45) is 0 Å². The van der Waals surface area contributed by atoms with E-state index < -0.39 is 0 Å². The lowest BCUT2D eigenvalue weighted by Gasteiger charge is -2.13. The number of aromatic amines is 1. The van der Waals surface area contributed by atoms with E-state index >= 15 is 0 Å². The Morgan fingerprint density at radius 2 is 2.26 bits per heavy atom. The van der Waals surface area contributed by atoms with Gasteiger partial charge in [0.2, 0.25) is 0 Å². The number of thiophene rings is 1. The SMILES string of the molecule is CC(c1ccsc1)n1c(=S)[nH]c2ccc(C#N)cc21. The molecule has 0 fully saturated rings. The summed E-state index contributed by atoms with van der Waals surface area (Å²) in [5.41, 5.74) is 3.81. The van der Waals surface area contributed by atoms with Crippen LogP contribution in [0, 0.1) is 16.1 Å². The summed E-state index contributed by atoms with van der Waals surface area (Å²) in [5, 5.41) is 13.2. The number of benzene rings is 1. The molecule has 2 aromatic heterocycles. The van der Waals surface area contributed by atoms with E-state index in [4.69, 9.17) is 17.5 Å². The number of nitrogens with one attached hydrogen (secondary N) is 1. The first-order valence-corrected chi connectivity index (χ1v) is 7.22. The van der Waals surface area contributed by atoms with Crippen molar-refractivity contribution in [2.75, 3.05) is 0 Å². The summed E-state index contributed by atoms with van der Waals surface area (Å²) in [4.78, 5) is 3.19. The zero-order chi connectivity index (χ0) is 13.4. The fraction of sp³-hybridized carbons (Fsp3) is 0.143. The molecule has 0 saturated heterocycles. The fourth-order valence-corrected chi connectivity index (χ4v) is 3.35. The molecular formula is C14H11N3S2. The summed E-state index contributed by atoms with van der Waals surface area (Å²) in [6.07, 6.45) is 0. The molecule has 3 nitrogen and oxygen atoms in total. The average Bonchev–Trinajstić information content (AvgIpc) is 3.03. The van der Waals surface area contributed by atoms with Crippen LogP contribution in [0.15, 0.2) is 35.0 Å². The fourth-order valence-electron chi connectivity index (χ4n) is 2.24. The van der Waals surface area contributed by atoms with Gasteiger partial charge in [0, 0.05) is 0 Å². The number of aromatic nitrogens is 2. The van der Waals surface area contributed by atoms with Crippen LogP contribution in [-0.2, 0) is 0 Å². The highest BCUT2D eigenvalue weighted by Gasteiger charge is 2.13. The van der Waals surface area contributed by atoms with Crippen molar-refractivity contribution < 1.29 is 0 Å². The van der Waals surface area contributed by atoms with E-state index in [-0.39, 0.29) is 6.04 Å². The molecule has 0 spiro atoms. The van der Waals surface area contributed by atoms with Gasteiger partial charge in [-0.3, -0.25) is 0 Å². The van der Waals surface area contributed by atoms with Crippen LogP contribution in [-0.4, -0.2) is 9.55 Å². The maximum absolute atomic E-state index is 9.02. The molecule has 1 aromatic carbocycles. The highest BCUT2D eigenvalue weighted by atomic mass is 32.1. The number of rotatable bonds is 2. The monoisotopic (exact) mass is 285 g/mol. The van der Waals surface area contributed by atoms with Crippen molar-refractivity contribution in [2.45, 2.75) is 13.0 Å². The standard InChI is InChI=1S/C14H11N3S2/c1-9(11-4-5-19-8-11)17-13-6-10(7-15)2-3-12(13)16-14(17)18/h2-6,8-9H,1H3,(H,16,18). The summed E-state index contributed by atoms with van der Waals surface area (Å²) < 4.78 is 2.75. The molecule has 0 radical (unpaired) electrons. The molecule has 0 aliphatic heterocycles. The van der Waals surface area contributed by atoms with Crippen LogP contribution in [0.3, 0.4) is 0 Å². The molecule has 1 unspecified atom stereocenters. The highest BCUT2D eigenvalue weighted by Crippen LogP contribution is 2.26. The van der Waals surface area contributed by atoms with E-state index in [0.29, 0.717) is 10.3 Å². The largest absolute Gasteiger partial charge is 0.331 e. The molecule has 2 heterocycles. The highest BCUT2D eigenvalue weighted by molar-refractivity contribution is 7.71. The predicted molar refractivity (Wildman–Crippen MR) is 80.0 cm³/mol.